The van der Waals surface area contributed by atoms with Gasteiger partial charge in [-0.15, -0.1) is 11.3 Å². The minimum absolute atomic E-state index is 0.242. The number of aromatic amines is 2. The van der Waals surface area contributed by atoms with Gasteiger partial charge < -0.3 is 9.52 Å². The van der Waals surface area contributed by atoms with E-state index in [0.717, 1.165) is 5.39 Å². The van der Waals surface area contributed by atoms with Crippen LogP contribution in [0.15, 0.2) is 54.7 Å². The van der Waals surface area contributed by atoms with E-state index in [-0.39, 0.29) is 5.56 Å². The zero-order valence-corrected chi connectivity index (χ0v) is 13.9. The minimum atomic E-state index is -0.447. The number of H-pyrrole nitrogens is 2. The van der Waals surface area contributed by atoms with Gasteiger partial charge in [0.1, 0.15) is 5.58 Å². The molecule has 3 aromatic heterocycles. The summed E-state index contributed by atoms with van der Waals surface area (Å²) >= 11 is 1.28. The number of thiazole rings is 1. The van der Waals surface area contributed by atoms with E-state index in [4.69, 9.17) is 4.42 Å². The van der Waals surface area contributed by atoms with E-state index in [1.54, 1.807) is 24.4 Å². The van der Waals surface area contributed by atoms with E-state index in [9.17, 15) is 9.59 Å². The summed E-state index contributed by atoms with van der Waals surface area (Å²) in [4.78, 5) is 32.4. The molecule has 0 aliphatic carbocycles. The van der Waals surface area contributed by atoms with Crippen LogP contribution < -0.4 is 11.2 Å². The first kappa shape index (κ1) is 15.3. The van der Waals surface area contributed by atoms with Gasteiger partial charge in [-0.05, 0) is 19.1 Å². The third-order valence-electron chi connectivity index (χ3n) is 3.73. The van der Waals surface area contributed by atoms with Crippen LogP contribution in [0.5, 0.6) is 0 Å². The van der Waals surface area contributed by atoms with Crippen LogP contribution in [0.3, 0.4) is 0 Å². The first-order valence-corrected chi connectivity index (χ1v) is 8.30. The van der Waals surface area contributed by atoms with Gasteiger partial charge in [-0.25, -0.2) is 14.8 Å². The largest absolute Gasteiger partial charge is 0.422 e. The van der Waals surface area contributed by atoms with Gasteiger partial charge >= 0.3 is 5.63 Å². The van der Waals surface area contributed by atoms with Crippen LogP contribution in [0.4, 0.5) is 5.13 Å². The molecule has 1 aromatic carbocycles. The lowest BCUT2D eigenvalue weighted by molar-refractivity contribution is 0.563. The molecule has 124 valence electrons. The Hall–Kier alpha value is -3.26. The Bertz CT molecular complexity index is 1210. The maximum absolute atomic E-state index is 12.2. The predicted molar refractivity (Wildman–Crippen MR) is 97.0 cm³/mol. The summed E-state index contributed by atoms with van der Waals surface area (Å²) in [6.07, 6.45) is 1.45. The lowest BCUT2D eigenvalue weighted by Crippen LogP contribution is -2.04. The Morgan fingerprint density at radius 2 is 2.08 bits per heavy atom. The van der Waals surface area contributed by atoms with Crippen LogP contribution in [0, 0.1) is 6.92 Å². The number of benzene rings is 1. The molecule has 0 saturated heterocycles. The summed E-state index contributed by atoms with van der Waals surface area (Å²) in [5.74, 6) is 0. The molecule has 0 unspecified atom stereocenters. The van der Waals surface area contributed by atoms with Crippen molar-refractivity contribution in [3.05, 3.63) is 67.7 Å². The second-order valence-electron chi connectivity index (χ2n) is 5.38. The van der Waals surface area contributed by atoms with Gasteiger partial charge in [0, 0.05) is 22.7 Å². The number of para-hydroxylation sites is 1. The minimum Gasteiger partial charge on any atom is -0.422 e. The standard InChI is InChI=1S/C17H12N4O3S/c1-9-12(15(22)21-20-9)7-18-17-19-13(8-25-17)11-6-10-4-2-3-5-14(10)24-16(11)23/h2-8H,1H3,(H2,20,21,22)/b18-7+. The monoisotopic (exact) mass is 352 g/mol. The van der Waals surface area contributed by atoms with Gasteiger partial charge in [0.25, 0.3) is 5.56 Å². The number of hydrogen-bond acceptors (Lipinski definition) is 6. The van der Waals surface area contributed by atoms with Crippen molar-refractivity contribution < 1.29 is 4.42 Å². The summed E-state index contributed by atoms with van der Waals surface area (Å²) < 4.78 is 5.33. The molecule has 0 aliphatic rings. The first-order valence-electron chi connectivity index (χ1n) is 7.42. The Balaban J connectivity index is 1.71. The number of rotatable bonds is 3. The van der Waals surface area contributed by atoms with Crippen molar-refractivity contribution in [2.24, 2.45) is 4.99 Å². The molecular weight excluding hydrogens is 340 g/mol. The van der Waals surface area contributed by atoms with Crippen molar-refractivity contribution in [1.82, 2.24) is 15.2 Å². The predicted octanol–water partition coefficient (Wildman–Crippen LogP) is 2.99. The van der Waals surface area contributed by atoms with E-state index >= 15 is 0 Å². The zero-order chi connectivity index (χ0) is 17.4. The van der Waals surface area contributed by atoms with E-state index in [1.165, 1.54) is 17.6 Å². The molecule has 4 rings (SSSR count). The Labute approximate surface area is 144 Å². The van der Waals surface area contributed by atoms with Crippen LogP contribution in [0.2, 0.25) is 0 Å². The highest BCUT2D eigenvalue weighted by Gasteiger charge is 2.11. The number of fused-ring (bicyclic) bond motifs is 1. The van der Waals surface area contributed by atoms with Crippen molar-refractivity contribution in [2.75, 3.05) is 0 Å². The molecule has 3 heterocycles. The van der Waals surface area contributed by atoms with E-state index in [1.807, 2.05) is 18.2 Å². The van der Waals surface area contributed by atoms with Gasteiger partial charge in [0.2, 0.25) is 5.13 Å². The normalized spacial score (nSPS) is 11.6. The molecule has 0 radical (unpaired) electrons. The maximum atomic E-state index is 12.2. The highest BCUT2D eigenvalue weighted by Crippen LogP contribution is 2.26. The molecule has 0 saturated carbocycles. The van der Waals surface area contributed by atoms with Crippen LogP contribution in [-0.4, -0.2) is 21.4 Å². The number of aromatic nitrogens is 3. The summed E-state index contributed by atoms with van der Waals surface area (Å²) in [6, 6.07) is 9.05. The SMILES string of the molecule is Cc1[nH][nH]c(=O)c1/C=N/c1nc(-c2cc3ccccc3oc2=O)cs1. The van der Waals surface area contributed by atoms with Crippen LogP contribution in [-0.2, 0) is 0 Å². The number of aryl methyl sites for hydroxylation is 1. The van der Waals surface area contributed by atoms with Gasteiger partial charge in [0.15, 0.2) is 0 Å². The summed E-state index contributed by atoms with van der Waals surface area (Å²) in [5, 5.41) is 8.22. The molecule has 0 bridgehead atoms. The highest BCUT2D eigenvalue weighted by molar-refractivity contribution is 7.13. The van der Waals surface area contributed by atoms with Gasteiger partial charge in [-0.1, -0.05) is 18.2 Å². The molecular formula is C17H12N4O3S. The van der Waals surface area contributed by atoms with E-state index < -0.39 is 5.63 Å². The fraction of sp³-hybridized carbons (Fsp3) is 0.0588. The molecule has 8 heteroatoms. The maximum Gasteiger partial charge on any atom is 0.345 e. The van der Waals surface area contributed by atoms with Crippen LogP contribution in [0.1, 0.15) is 11.3 Å². The topological polar surface area (TPSA) is 104 Å². The Kier molecular flexibility index (Phi) is 3.66. The lowest BCUT2D eigenvalue weighted by Gasteiger charge is -1.98. The smallest absolute Gasteiger partial charge is 0.345 e. The average molecular weight is 352 g/mol. The van der Waals surface area contributed by atoms with Gasteiger partial charge in [0.05, 0.1) is 16.8 Å². The van der Waals surface area contributed by atoms with Gasteiger partial charge in [-0.2, -0.15) is 0 Å². The second kappa shape index (κ2) is 5.99. The Morgan fingerprint density at radius 3 is 2.88 bits per heavy atom. The number of hydrogen-bond donors (Lipinski definition) is 2. The van der Waals surface area contributed by atoms with Gasteiger partial charge in [-0.3, -0.25) is 9.89 Å². The van der Waals surface area contributed by atoms with Crippen molar-refractivity contribution in [3.63, 3.8) is 0 Å². The molecule has 7 nitrogen and oxygen atoms in total. The van der Waals surface area contributed by atoms with E-state index in [0.29, 0.717) is 33.2 Å². The molecule has 0 atom stereocenters. The second-order valence-corrected chi connectivity index (χ2v) is 6.21. The fourth-order valence-electron chi connectivity index (χ4n) is 2.42. The zero-order valence-electron chi connectivity index (χ0n) is 13.1. The van der Waals surface area contributed by atoms with Crippen molar-refractivity contribution in [1.29, 1.82) is 0 Å². The Morgan fingerprint density at radius 1 is 1.24 bits per heavy atom. The first-order chi connectivity index (χ1) is 12.1. The molecule has 4 aromatic rings. The molecule has 25 heavy (non-hydrogen) atoms. The third kappa shape index (κ3) is 2.83. The number of aliphatic imine (C=N–C) groups is 1. The van der Waals surface area contributed by atoms with Crippen molar-refractivity contribution in [2.45, 2.75) is 6.92 Å². The molecule has 0 amide bonds. The van der Waals surface area contributed by atoms with Crippen molar-refractivity contribution >= 4 is 33.7 Å². The molecule has 0 aliphatic heterocycles. The lowest BCUT2D eigenvalue weighted by atomic mass is 10.1. The fourth-order valence-corrected chi connectivity index (χ4v) is 3.08. The molecule has 0 fully saturated rings. The summed E-state index contributed by atoms with van der Waals surface area (Å²) in [6.45, 7) is 1.77. The third-order valence-corrected chi connectivity index (χ3v) is 4.47. The highest BCUT2D eigenvalue weighted by atomic mass is 32.1. The van der Waals surface area contributed by atoms with E-state index in [2.05, 4.69) is 20.2 Å². The van der Waals surface area contributed by atoms with Crippen molar-refractivity contribution in [3.8, 4) is 11.3 Å². The number of nitrogens with one attached hydrogen (secondary N) is 2. The number of nitrogens with zero attached hydrogens (tertiary/aromatic N) is 2. The van der Waals surface area contributed by atoms with Crippen LogP contribution >= 0.6 is 11.3 Å². The average Bonchev–Trinajstić information content (AvgIpc) is 3.19. The van der Waals surface area contributed by atoms with Crippen LogP contribution in [0.25, 0.3) is 22.2 Å². The summed E-state index contributed by atoms with van der Waals surface area (Å²) in [7, 11) is 0. The quantitative estimate of drug-likeness (QED) is 0.437. The summed E-state index contributed by atoms with van der Waals surface area (Å²) in [5.41, 5.74) is 1.86. The molecule has 2 N–H and O–H groups in total. The molecule has 0 spiro atoms.